The van der Waals surface area contributed by atoms with Crippen LogP contribution in [0, 0.1) is 0 Å². The van der Waals surface area contributed by atoms with Crippen LogP contribution >= 0.6 is 0 Å². The van der Waals surface area contributed by atoms with Gasteiger partial charge in [0.25, 0.3) is 5.91 Å². The van der Waals surface area contributed by atoms with E-state index in [4.69, 9.17) is 10.8 Å². The maximum atomic E-state index is 12.7. The fourth-order valence-corrected chi connectivity index (χ4v) is 4.06. The zero-order valence-corrected chi connectivity index (χ0v) is 17.6. The molecule has 0 radical (unpaired) electrons. The van der Waals surface area contributed by atoms with E-state index in [1.165, 1.54) is 6.33 Å². The molecule has 0 unspecified atom stereocenters. The Morgan fingerprint density at radius 1 is 1.33 bits per heavy atom. The van der Waals surface area contributed by atoms with Crippen LogP contribution in [0.5, 0.6) is 0 Å². The summed E-state index contributed by atoms with van der Waals surface area (Å²) in [6.07, 6.45) is 5.41. The van der Waals surface area contributed by atoms with Crippen molar-refractivity contribution in [3.63, 3.8) is 0 Å². The number of nitrogen functional groups attached to an aromatic ring is 1. The highest BCUT2D eigenvalue weighted by molar-refractivity contribution is 6.00. The molecule has 0 aliphatic carbocycles. The third-order valence-corrected chi connectivity index (χ3v) is 5.85. The van der Waals surface area contributed by atoms with Gasteiger partial charge in [0.15, 0.2) is 5.65 Å². The molecule has 1 fully saturated rings. The van der Waals surface area contributed by atoms with Crippen molar-refractivity contribution >= 4 is 22.8 Å². The van der Waals surface area contributed by atoms with Crippen LogP contribution in [0.2, 0.25) is 0 Å². The molecule has 2 aromatic heterocycles. The van der Waals surface area contributed by atoms with Gasteiger partial charge >= 0.3 is 0 Å². The van der Waals surface area contributed by atoms with Crippen molar-refractivity contribution in [3.05, 3.63) is 36.2 Å². The predicted molar refractivity (Wildman–Crippen MR) is 118 cm³/mol. The third kappa shape index (κ3) is 3.87. The molecule has 0 bridgehead atoms. The Bertz CT molecular complexity index is 1040. The van der Waals surface area contributed by atoms with Crippen molar-refractivity contribution in [1.29, 1.82) is 0 Å². The Balaban J connectivity index is 1.75. The van der Waals surface area contributed by atoms with E-state index in [0.717, 1.165) is 55.4 Å². The monoisotopic (exact) mass is 407 g/mol. The van der Waals surface area contributed by atoms with E-state index >= 15 is 0 Å². The van der Waals surface area contributed by atoms with E-state index in [2.05, 4.69) is 34.4 Å². The number of nitrogens with zero attached hydrogens (tertiary/aromatic N) is 4. The van der Waals surface area contributed by atoms with Gasteiger partial charge in [-0.1, -0.05) is 26.0 Å². The fraction of sp³-hybridized carbons (Fsp3) is 0.455. The summed E-state index contributed by atoms with van der Waals surface area (Å²) in [7, 11) is 0. The second-order valence-electron chi connectivity index (χ2n) is 7.82. The summed E-state index contributed by atoms with van der Waals surface area (Å²) in [6, 6.07) is 7.91. The number of nitrogens with two attached hydrogens (primary N) is 1. The van der Waals surface area contributed by atoms with Crippen LogP contribution in [0.1, 0.15) is 55.9 Å². The number of carbonyl (C=O) groups is 1. The maximum absolute atomic E-state index is 12.7. The van der Waals surface area contributed by atoms with Crippen LogP contribution < -0.4 is 16.4 Å². The minimum atomic E-state index is -0.0741. The molecule has 1 aromatic carbocycles. The Hall–Kier alpha value is -3.00. The van der Waals surface area contributed by atoms with E-state index < -0.39 is 0 Å². The summed E-state index contributed by atoms with van der Waals surface area (Å²) in [5.41, 5.74) is 9.13. The average molecular weight is 408 g/mol. The Morgan fingerprint density at radius 3 is 2.90 bits per heavy atom. The van der Waals surface area contributed by atoms with Gasteiger partial charge in [-0.05, 0) is 44.4 Å². The van der Waals surface area contributed by atoms with Gasteiger partial charge in [-0.3, -0.25) is 4.79 Å². The van der Waals surface area contributed by atoms with Crippen LogP contribution in [0.15, 0.2) is 30.6 Å². The van der Waals surface area contributed by atoms with Gasteiger partial charge in [-0.25, -0.2) is 14.6 Å². The van der Waals surface area contributed by atoms with E-state index in [0.29, 0.717) is 17.1 Å². The van der Waals surface area contributed by atoms with Crippen LogP contribution in [0.4, 0.5) is 5.82 Å². The average Bonchev–Trinajstić information content (AvgIpc) is 3.19. The number of aromatic nitrogens is 4. The predicted octanol–water partition coefficient (Wildman–Crippen LogP) is 2.92. The van der Waals surface area contributed by atoms with Crippen LogP contribution in [-0.2, 0) is 0 Å². The lowest BCUT2D eigenvalue weighted by Crippen LogP contribution is -2.33. The lowest BCUT2D eigenvalue weighted by molar-refractivity contribution is 0.0935. The van der Waals surface area contributed by atoms with Crippen LogP contribution in [-0.4, -0.2) is 44.8 Å². The van der Waals surface area contributed by atoms with Crippen LogP contribution in [0.3, 0.4) is 0 Å². The second kappa shape index (κ2) is 8.79. The fourth-order valence-electron chi connectivity index (χ4n) is 4.06. The summed E-state index contributed by atoms with van der Waals surface area (Å²) in [4.78, 5) is 21.4. The first kappa shape index (κ1) is 20.3. The van der Waals surface area contributed by atoms with Gasteiger partial charge in [0, 0.05) is 23.7 Å². The van der Waals surface area contributed by atoms with Gasteiger partial charge in [-0.2, -0.15) is 5.10 Å². The maximum Gasteiger partial charge on any atom is 0.251 e. The number of benzene rings is 1. The zero-order chi connectivity index (χ0) is 21.1. The first-order valence-corrected chi connectivity index (χ1v) is 10.7. The van der Waals surface area contributed by atoms with E-state index in [1.807, 2.05) is 28.9 Å². The zero-order valence-electron chi connectivity index (χ0n) is 17.6. The van der Waals surface area contributed by atoms with Crippen molar-refractivity contribution in [2.75, 3.05) is 18.8 Å². The largest absolute Gasteiger partial charge is 0.383 e. The first-order chi connectivity index (χ1) is 14.6. The minimum absolute atomic E-state index is 0.0741. The summed E-state index contributed by atoms with van der Waals surface area (Å²) in [6.45, 7) is 6.02. The van der Waals surface area contributed by atoms with Gasteiger partial charge in [-0.15, -0.1) is 0 Å². The normalized spacial score (nSPS) is 16.8. The Labute approximate surface area is 176 Å². The van der Waals surface area contributed by atoms with Crippen molar-refractivity contribution in [2.45, 2.75) is 51.6 Å². The molecule has 3 heterocycles. The Kier molecular flexibility index (Phi) is 5.94. The molecule has 158 valence electrons. The summed E-state index contributed by atoms with van der Waals surface area (Å²) in [5, 5.41) is 12.2. The number of anilines is 1. The molecular weight excluding hydrogens is 378 g/mol. The second-order valence-corrected chi connectivity index (χ2v) is 7.82. The molecule has 4 rings (SSSR count). The number of carbonyl (C=O) groups excluding carboxylic acids is 1. The van der Waals surface area contributed by atoms with Crippen molar-refractivity contribution in [3.8, 4) is 11.3 Å². The molecule has 1 saturated heterocycles. The lowest BCUT2D eigenvalue weighted by atomic mass is 10.0. The van der Waals surface area contributed by atoms with Gasteiger partial charge in [0.05, 0.1) is 11.4 Å². The molecule has 0 spiro atoms. The number of amides is 1. The van der Waals surface area contributed by atoms with E-state index in [1.54, 1.807) is 0 Å². The highest BCUT2D eigenvalue weighted by Crippen LogP contribution is 2.33. The lowest BCUT2D eigenvalue weighted by Gasteiger charge is -2.23. The summed E-state index contributed by atoms with van der Waals surface area (Å²) >= 11 is 0. The van der Waals surface area contributed by atoms with Gasteiger partial charge in [0.2, 0.25) is 0 Å². The van der Waals surface area contributed by atoms with E-state index in [-0.39, 0.29) is 18.0 Å². The molecular formula is C22H29N7O. The topological polar surface area (TPSA) is 111 Å². The highest BCUT2D eigenvalue weighted by Gasteiger charge is 2.24. The smallest absolute Gasteiger partial charge is 0.251 e. The number of rotatable bonds is 6. The number of fused-ring (bicyclic) bond motifs is 1. The molecule has 3 aromatic rings. The van der Waals surface area contributed by atoms with Gasteiger partial charge in [0.1, 0.15) is 17.8 Å². The van der Waals surface area contributed by atoms with Crippen molar-refractivity contribution < 1.29 is 4.79 Å². The number of hydrogen-bond acceptors (Lipinski definition) is 6. The molecule has 0 saturated carbocycles. The molecule has 1 aliphatic rings. The van der Waals surface area contributed by atoms with Gasteiger partial charge < -0.3 is 16.4 Å². The molecule has 8 nitrogen and oxygen atoms in total. The number of piperidine rings is 1. The first-order valence-electron chi connectivity index (χ1n) is 10.7. The SMILES string of the molecule is CCC(CC)NC(=O)c1cccc(-c2nn([C@@H]3CCCNC3)c3ncnc(N)c23)c1. The molecule has 4 N–H and O–H groups in total. The number of nitrogens with one attached hydrogen (secondary N) is 2. The molecule has 30 heavy (non-hydrogen) atoms. The van der Waals surface area contributed by atoms with Crippen molar-refractivity contribution in [1.82, 2.24) is 30.4 Å². The highest BCUT2D eigenvalue weighted by atomic mass is 16.1. The Morgan fingerprint density at radius 2 is 2.17 bits per heavy atom. The number of hydrogen-bond donors (Lipinski definition) is 3. The standard InChI is InChI=1S/C22H29N7O/c1-3-16(4-2)27-22(30)15-8-5-7-14(11-15)19-18-20(23)25-13-26-21(18)29(28-19)17-9-6-10-24-12-17/h5,7-8,11,13,16-17,24H,3-4,6,9-10,12H2,1-2H3,(H,27,30)(H2,23,25,26)/t17-/m1/s1. The van der Waals surface area contributed by atoms with Crippen LogP contribution in [0.25, 0.3) is 22.3 Å². The van der Waals surface area contributed by atoms with E-state index in [9.17, 15) is 4.79 Å². The minimum Gasteiger partial charge on any atom is -0.383 e. The quantitative estimate of drug-likeness (QED) is 0.579. The molecule has 8 heteroatoms. The molecule has 1 atom stereocenters. The summed E-state index contributed by atoms with van der Waals surface area (Å²) < 4.78 is 1.96. The van der Waals surface area contributed by atoms with Crippen molar-refractivity contribution in [2.24, 2.45) is 0 Å². The third-order valence-electron chi connectivity index (χ3n) is 5.85. The molecule has 1 aliphatic heterocycles. The molecule has 1 amide bonds. The summed E-state index contributed by atoms with van der Waals surface area (Å²) in [5.74, 6) is 0.326.